The molecule has 0 bridgehead atoms. The summed E-state index contributed by atoms with van der Waals surface area (Å²) in [5.41, 5.74) is 0. The van der Waals surface area contributed by atoms with Crippen molar-refractivity contribution in [2.75, 3.05) is 20.2 Å². The summed E-state index contributed by atoms with van der Waals surface area (Å²) in [6, 6.07) is 0.343. The second-order valence-corrected chi connectivity index (χ2v) is 2.44. The van der Waals surface area contributed by atoms with E-state index in [1.807, 2.05) is 7.05 Å². The fraction of sp³-hybridized carbons (Fsp3) is 1.00. The number of likely N-dealkylation sites (N-methyl/N-ethyl adjacent to an activating group) is 1. The van der Waals surface area contributed by atoms with Crippen LogP contribution in [0.15, 0.2) is 0 Å². The van der Waals surface area contributed by atoms with Crippen molar-refractivity contribution in [2.45, 2.75) is 18.9 Å². The van der Waals surface area contributed by atoms with Gasteiger partial charge >= 0.3 is 0 Å². The van der Waals surface area contributed by atoms with Gasteiger partial charge in [0.1, 0.15) is 0 Å². The van der Waals surface area contributed by atoms with E-state index in [2.05, 4.69) is 4.90 Å². The molecular weight excluding hydrogens is 102 g/mol. The van der Waals surface area contributed by atoms with Crippen LogP contribution in [0, 0.1) is 0 Å². The molecule has 2 heteroatoms. The van der Waals surface area contributed by atoms with Crippen molar-refractivity contribution in [1.29, 1.82) is 0 Å². The largest absolute Gasteiger partial charge is 0.301 e. The lowest BCUT2D eigenvalue weighted by molar-refractivity contribution is 0.120. The first-order chi connectivity index (χ1) is 3.84. The Morgan fingerprint density at radius 2 is 2.50 bits per heavy atom. The van der Waals surface area contributed by atoms with Crippen LogP contribution in [0.3, 0.4) is 0 Å². The van der Waals surface area contributed by atoms with Crippen molar-refractivity contribution in [3.8, 4) is 0 Å². The van der Waals surface area contributed by atoms with Gasteiger partial charge in [0.25, 0.3) is 0 Å². The molecule has 2 nitrogen and oxygen atoms in total. The first-order valence-corrected chi connectivity index (χ1v) is 3.13. The van der Waals surface area contributed by atoms with Crippen LogP contribution in [0.4, 0.5) is 0 Å². The predicted molar refractivity (Wildman–Crippen MR) is 31.2 cm³/mol. The molecule has 0 unspecified atom stereocenters. The second-order valence-electron chi connectivity index (χ2n) is 2.44. The quantitative estimate of drug-likeness (QED) is 0.487. The third-order valence-electron chi connectivity index (χ3n) is 1.86. The second kappa shape index (κ2) is 2.46. The molecule has 0 amide bonds. The molecule has 8 heavy (non-hydrogen) atoms. The summed E-state index contributed by atoms with van der Waals surface area (Å²) in [6.07, 6.45) is 2.32. The standard InChI is InChI=1S/C6H12NO/c1-7-4-2-3-6(7)5-8/h6H,2-5H2,1H3/t6-/m0/s1. The van der Waals surface area contributed by atoms with Crippen LogP contribution in [0.25, 0.3) is 0 Å². The third-order valence-corrected chi connectivity index (χ3v) is 1.86. The Hall–Kier alpha value is -0.0800. The third kappa shape index (κ3) is 1.01. The Kier molecular flexibility index (Phi) is 1.86. The number of rotatable bonds is 1. The molecule has 1 rings (SSSR count). The normalized spacial score (nSPS) is 31.5. The highest BCUT2D eigenvalue weighted by atomic mass is 16.3. The van der Waals surface area contributed by atoms with Crippen molar-refractivity contribution in [2.24, 2.45) is 0 Å². The molecule has 0 aromatic carbocycles. The van der Waals surface area contributed by atoms with Gasteiger partial charge in [-0.25, -0.2) is 5.11 Å². The highest BCUT2D eigenvalue weighted by molar-refractivity contribution is 4.74. The van der Waals surface area contributed by atoms with E-state index in [0.717, 1.165) is 13.0 Å². The molecule has 1 heterocycles. The minimum absolute atomic E-state index is 0.0799. The Bertz CT molecular complexity index is 74.9. The Balaban J connectivity index is 2.30. The molecule has 1 radical (unpaired) electrons. The molecule has 0 aromatic rings. The minimum atomic E-state index is 0.0799. The van der Waals surface area contributed by atoms with E-state index in [9.17, 15) is 5.11 Å². The van der Waals surface area contributed by atoms with Crippen LogP contribution in [0.1, 0.15) is 12.8 Å². The zero-order valence-corrected chi connectivity index (χ0v) is 5.26. The van der Waals surface area contributed by atoms with Crippen molar-refractivity contribution < 1.29 is 5.11 Å². The first-order valence-electron chi connectivity index (χ1n) is 3.13. The van der Waals surface area contributed by atoms with Crippen molar-refractivity contribution >= 4 is 0 Å². The van der Waals surface area contributed by atoms with Crippen LogP contribution in [0.2, 0.25) is 0 Å². The molecule has 1 aliphatic heterocycles. The molecule has 1 fully saturated rings. The average molecular weight is 114 g/mol. The molecule has 1 saturated heterocycles. The Morgan fingerprint density at radius 1 is 1.75 bits per heavy atom. The van der Waals surface area contributed by atoms with Gasteiger partial charge in [0, 0.05) is 6.04 Å². The average Bonchev–Trinajstić information content (AvgIpc) is 2.14. The summed E-state index contributed by atoms with van der Waals surface area (Å²) in [4.78, 5) is 2.15. The molecule has 0 saturated carbocycles. The monoisotopic (exact) mass is 114 g/mol. The lowest BCUT2D eigenvalue weighted by Crippen LogP contribution is -2.27. The van der Waals surface area contributed by atoms with E-state index in [-0.39, 0.29) is 6.61 Å². The van der Waals surface area contributed by atoms with Crippen molar-refractivity contribution in [3.63, 3.8) is 0 Å². The smallest absolute Gasteiger partial charge is 0.0977 e. The van der Waals surface area contributed by atoms with E-state index in [0.29, 0.717) is 6.04 Å². The molecule has 0 aliphatic carbocycles. The lowest BCUT2D eigenvalue weighted by atomic mass is 10.2. The molecular formula is C6H12NO. The molecule has 0 spiro atoms. The van der Waals surface area contributed by atoms with Gasteiger partial charge < -0.3 is 4.90 Å². The molecule has 47 valence electrons. The van der Waals surface area contributed by atoms with E-state index in [4.69, 9.17) is 0 Å². The van der Waals surface area contributed by atoms with Gasteiger partial charge in [-0.2, -0.15) is 0 Å². The molecule has 0 N–H and O–H groups in total. The first kappa shape index (κ1) is 6.05. The summed E-state index contributed by atoms with van der Waals surface area (Å²) in [7, 11) is 2.02. The van der Waals surface area contributed by atoms with Gasteiger partial charge in [0.15, 0.2) is 0 Å². The lowest BCUT2D eigenvalue weighted by Gasteiger charge is -2.14. The maximum Gasteiger partial charge on any atom is 0.0977 e. The maximum atomic E-state index is 10.3. The summed E-state index contributed by atoms with van der Waals surface area (Å²) < 4.78 is 0. The van der Waals surface area contributed by atoms with Gasteiger partial charge in [0.2, 0.25) is 0 Å². The van der Waals surface area contributed by atoms with Gasteiger partial charge in [-0.15, -0.1) is 0 Å². The van der Waals surface area contributed by atoms with Crippen LogP contribution >= 0.6 is 0 Å². The summed E-state index contributed by atoms with van der Waals surface area (Å²) in [5.74, 6) is 0. The Labute approximate surface area is 50.1 Å². The number of nitrogens with zero attached hydrogens (tertiary/aromatic N) is 1. The van der Waals surface area contributed by atoms with E-state index >= 15 is 0 Å². The topological polar surface area (TPSA) is 23.1 Å². The summed E-state index contributed by atoms with van der Waals surface area (Å²) in [5, 5.41) is 10.3. The Morgan fingerprint density at radius 3 is 2.75 bits per heavy atom. The van der Waals surface area contributed by atoms with E-state index < -0.39 is 0 Å². The van der Waals surface area contributed by atoms with Gasteiger partial charge in [-0.05, 0) is 26.4 Å². The van der Waals surface area contributed by atoms with Crippen LogP contribution in [-0.2, 0) is 5.11 Å². The number of hydrogen-bond acceptors (Lipinski definition) is 1. The van der Waals surface area contributed by atoms with Gasteiger partial charge in [-0.3, -0.25) is 0 Å². The van der Waals surface area contributed by atoms with Crippen LogP contribution < -0.4 is 0 Å². The van der Waals surface area contributed by atoms with E-state index in [1.165, 1.54) is 6.42 Å². The molecule has 1 aliphatic rings. The number of hydrogen-bond donors (Lipinski definition) is 0. The summed E-state index contributed by atoms with van der Waals surface area (Å²) >= 11 is 0. The van der Waals surface area contributed by atoms with Crippen LogP contribution in [0.5, 0.6) is 0 Å². The van der Waals surface area contributed by atoms with Gasteiger partial charge in [-0.1, -0.05) is 0 Å². The predicted octanol–water partition coefficient (Wildman–Crippen LogP) is 0.511. The molecule has 1 atom stereocenters. The van der Waals surface area contributed by atoms with Gasteiger partial charge in [0.05, 0.1) is 6.61 Å². The summed E-state index contributed by atoms with van der Waals surface area (Å²) in [6.45, 7) is 1.20. The maximum absolute atomic E-state index is 10.3. The van der Waals surface area contributed by atoms with Crippen molar-refractivity contribution in [1.82, 2.24) is 4.90 Å². The van der Waals surface area contributed by atoms with E-state index in [1.54, 1.807) is 0 Å². The molecule has 0 aromatic heterocycles. The van der Waals surface area contributed by atoms with Crippen LogP contribution in [-0.4, -0.2) is 31.1 Å². The highest BCUT2D eigenvalue weighted by Crippen LogP contribution is 2.13. The zero-order valence-electron chi connectivity index (χ0n) is 5.26. The SMILES string of the molecule is CN1CCC[C@H]1C[O]. The van der Waals surface area contributed by atoms with Crippen molar-refractivity contribution in [3.05, 3.63) is 0 Å². The fourth-order valence-electron chi connectivity index (χ4n) is 1.19. The zero-order chi connectivity index (χ0) is 5.98. The number of likely N-dealkylation sites (tertiary alicyclic amines) is 1. The fourth-order valence-corrected chi connectivity index (χ4v) is 1.19. The highest BCUT2D eigenvalue weighted by Gasteiger charge is 2.19. The minimum Gasteiger partial charge on any atom is -0.301 e.